The van der Waals surface area contributed by atoms with Gasteiger partial charge in [-0.3, -0.25) is 4.79 Å². The van der Waals surface area contributed by atoms with Crippen LogP contribution in [0.5, 0.6) is 0 Å². The van der Waals surface area contributed by atoms with Crippen molar-refractivity contribution >= 4 is 21.8 Å². The molecule has 1 heterocycles. The van der Waals surface area contributed by atoms with Gasteiger partial charge in [0.05, 0.1) is 11.5 Å². The van der Waals surface area contributed by atoms with Gasteiger partial charge in [0.25, 0.3) is 0 Å². The number of rotatable bonds is 5. The molecule has 3 N–H and O–H groups in total. The minimum absolute atomic E-state index is 0.0268. The van der Waals surface area contributed by atoms with Crippen molar-refractivity contribution in [1.29, 1.82) is 0 Å². The number of hydrogen-bond donors (Lipinski definition) is 3. The Labute approximate surface area is 150 Å². The van der Waals surface area contributed by atoms with Gasteiger partial charge in [-0.2, -0.15) is 0 Å². The molecular formula is C17H31N3O4S. The summed E-state index contributed by atoms with van der Waals surface area (Å²) >= 11 is 0. The first-order valence-electron chi connectivity index (χ1n) is 9.34. The minimum Gasteiger partial charge on any atom is -0.352 e. The fourth-order valence-corrected chi connectivity index (χ4v) is 5.20. The van der Waals surface area contributed by atoms with Crippen LogP contribution >= 0.6 is 0 Å². The molecule has 2 atom stereocenters. The third-order valence-corrected chi connectivity index (χ3v) is 6.77. The first-order chi connectivity index (χ1) is 11.8. The molecule has 0 radical (unpaired) electrons. The number of carbonyl (C=O) groups is 2. The van der Waals surface area contributed by atoms with Gasteiger partial charge in [-0.1, -0.05) is 39.5 Å². The lowest BCUT2D eigenvalue weighted by Crippen LogP contribution is -2.55. The van der Waals surface area contributed by atoms with E-state index in [0.717, 1.165) is 25.7 Å². The van der Waals surface area contributed by atoms with Crippen LogP contribution in [-0.2, 0) is 14.6 Å². The predicted octanol–water partition coefficient (Wildman–Crippen LogP) is 1.34. The second kappa shape index (κ2) is 8.87. The average Bonchev–Trinajstić information content (AvgIpc) is 2.72. The van der Waals surface area contributed by atoms with Crippen LogP contribution in [0.4, 0.5) is 4.79 Å². The third-order valence-electron chi connectivity index (χ3n) is 5.00. The number of hydrogen-bond acceptors (Lipinski definition) is 4. The largest absolute Gasteiger partial charge is 0.352 e. The Hall–Kier alpha value is -1.31. The van der Waals surface area contributed by atoms with Gasteiger partial charge in [0, 0.05) is 12.1 Å². The van der Waals surface area contributed by atoms with E-state index < -0.39 is 21.9 Å². The topological polar surface area (TPSA) is 104 Å². The van der Waals surface area contributed by atoms with Crippen LogP contribution in [-0.4, -0.2) is 50.0 Å². The Balaban J connectivity index is 1.86. The molecule has 1 saturated heterocycles. The van der Waals surface area contributed by atoms with Crippen LogP contribution in [0.15, 0.2) is 0 Å². The standard InChI is InChI=1S/C17H31N3O4S/c1-12(2)15(16(21)18-13-7-5-3-4-6-8-13)20-17(22)19-14-9-10-25(23,24)11-14/h12-15H,3-11H2,1-2H3,(H,18,21)(H2,19,20,22)/t14-,15+/m1/s1. The Morgan fingerprint density at radius 3 is 2.08 bits per heavy atom. The summed E-state index contributed by atoms with van der Waals surface area (Å²) in [7, 11) is -3.05. The molecule has 1 aliphatic carbocycles. The second-order valence-electron chi connectivity index (χ2n) is 7.64. The summed E-state index contributed by atoms with van der Waals surface area (Å²) in [4.78, 5) is 24.8. The fraction of sp³-hybridized carbons (Fsp3) is 0.882. The summed E-state index contributed by atoms with van der Waals surface area (Å²) in [5, 5.41) is 8.47. The lowest BCUT2D eigenvalue weighted by atomic mass is 10.0. The van der Waals surface area contributed by atoms with Gasteiger partial charge in [0.1, 0.15) is 6.04 Å². The number of urea groups is 1. The van der Waals surface area contributed by atoms with Gasteiger partial charge >= 0.3 is 6.03 Å². The number of nitrogens with one attached hydrogen (secondary N) is 3. The molecule has 0 spiro atoms. The molecule has 0 bridgehead atoms. The van der Waals surface area contributed by atoms with Crippen LogP contribution in [0.25, 0.3) is 0 Å². The molecule has 0 unspecified atom stereocenters. The number of amides is 3. The first kappa shape index (κ1) is 20.0. The second-order valence-corrected chi connectivity index (χ2v) is 9.87. The highest BCUT2D eigenvalue weighted by Crippen LogP contribution is 2.17. The maximum absolute atomic E-state index is 12.6. The van der Waals surface area contributed by atoms with E-state index in [1.54, 1.807) is 0 Å². The van der Waals surface area contributed by atoms with Crippen molar-refractivity contribution in [2.75, 3.05) is 11.5 Å². The number of sulfone groups is 1. The Kier molecular flexibility index (Phi) is 7.10. The molecule has 0 aromatic heterocycles. The van der Waals surface area contributed by atoms with E-state index >= 15 is 0 Å². The molecule has 2 rings (SSSR count). The van der Waals surface area contributed by atoms with Gasteiger partial charge in [0.2, 0.25) is 5.91 Å². The van der Waals surface area contributed by atoms with E-state index in [4.69, 9.17) is 0 Å². The number of carbonyl (C=O) groups excluding carboxylic acids is 2. The van der Waals surface area contributed by atoms with E-state index in [2.05, 4.69) is 16.0 Å². The molecule has 8 heteroatoms. The van der Waals surface area contributed by atoms with E-state index in [0.29, 0.717) is 6.42 Å². The third kappa shape index (κ3) is 6.49. The molecule has 2 aliphatic rings. The molecule has 3 amide bonds. The molecule has 0 aromatic rings. The molecule has 2 fully saturated rings. The van der Waals surface area contributed by atoms with Gasteiger partial charge in [0.15, 0.2) is 9.84 Å². The fourth-order valence-electron chi connectivity index (χ4n) is 3.53. The highest BCUT2D eigenvalue weighted by Gasteiger charge is 2.31. The molecular weight excluding hydrogens is 342 g/mol. The highest BCUT2D eigenvalue weighted by atomic mass is 32.2. The zero-order valence-electron chi connectivity index (χ0n) is 15.2. The zero-order chi connectivity index (χ0) is 18.4. The lowest BCUT2D eigenvalue weighted by molar-refractivity contribution is -0.124. The zero-order valence-corrected chi connectivity index (χ0v) is 16.0. The van der Waals surface area contributed by atoms with Crippen molar-refractivity contribution in [2.24, 2.45) is 5.92 Å². The van der Waals surface area contributed by atoms with Crippen molar-refractivity contribution in [1.82, 2.24) is 16.0 Å². The van der Waals surface area contributed by atoms with Crippen molar-refractivity contribution < 1.29 is 18.0 Å². The quantitative estimate of drug-likeness (QED) is 0.633. The summed E-state index contributed by atoms with van der Waals surface area (Å²) in [6.45, 7) is 3.77. The lowest BCUT2D eigenvalue weighted by Gasteiger charge is -2.25. The minimum atomic E-state index is -3.05. The van der Waals surface area contributed by atoms with Crippen LogP contribution in [0.3, 0.4) is 0 Å². The monoisotopic (exact) mass is 373 g/mol. The molecule has 7 nitrogen and oxygen atoms in total. The predicted molar refractivity (Wildman–Crippen MR) is 97.0 cm³/mol. The normalized spacial score (nSPS) is 25.2. The SMILES string of the molecule is CC(C)[C@H](NC(=O)N[C@@H]1CCS(=O)(=O)C1)C(=O)NC1CCCCCC1. The van der Waals surface area contributed by atoms with Crippen molar-refractivity contribution in [3.63, 3.8) is 0 Å². The van der Waals surface area contributed by atoms with E-state index in [-0.39, 0.29) is 35.4 Å². The van der Waals surface area contributed by atoms with E-state index in [1.807, 2.05) is 13.8 Å². The maximum Gasteiger partial charge on any atom is 0.315 e. The summed E-state index contributed by atoms with van der Waals surface area (Å²) in [5.74, 6) is -0.130. The summed E-state index contributed by atoms with van der Waals surface area (Å²) in [6.07, 6.45) is 7.08. The summed E-state index contributed by atoms with van der Waals surface area (Å²) < 4.78 is 22.9. The van der Waals surface area contributed by atoms with Gasteiger partial charge in [-0.05, 0) is 25.2 Å². The Bertz CT molecular complexity index is 568. The van der Waals surface area contributed by atoms with Crippen LogP contribution in [0.2, 0.25) is 0 Å². The summed E-state index contributed by atoms with van der Waals surface area (Å²) in [5.41, 5.74) is 0. The maximum atomic E-state index is 12.6. The van der Waals surface area contributed by atoms with Crippen molar-refractivity contribution in [3.8, 4) is 0 Å². The van der Waals surface area contributed by atoms with E-state index in [1.165, 1.54) is 12.8 Å². The van der Waals surface area contributed by atoms with Crippen LogP contribution in [0, 0.1) is 5.92 Å². The molecule has 144 valence electrons. The smallest absolute Gasteiger partial charge is 0.315 e. The van der Waals surface area contributed by atoms with Gasteiger partial charge in [-0.15, -0.1) is 0 Å². The molecule has 1 saturated carbocycles. The summed E-state index contributed by atoms with van der Waals surface area (Å²) in [6, 6.07) is -1.29. The Morgan fingerprint density at radius 1 is 0.920 bits per heavy atom. The van der Waals surface area contributed by atoms with Crippen molar-refractivity contribution in [3.05, 3.63) is 0 Å². The van der Waals surface area contributed by atoms with Gasteiger partial charge in [-0.25, -0.2) is 13.2 Å². The molecule has 1 aliphatic heterocycles. The van der Waals surface area contributed by atoms with Crippen LogP contribution in [0.1, 0.15) is 58.8 Å². The van der Waals surface area contributed by atoms with E-state index in [9.17, 15) is 18.0 Å². The molecule has 0 aromatic carbocycles. The average molecular weight is 374 g/mol. The highest BCUT2D eigenvalue weighted by molar-refractivity contribution is 7.91. The molecule has 25 heavy (non-hydrogen) atoms. The van der Waals surface area contributed by atoms with Crippen molar-refractivity contribution in [2.45, 2.75) is 76.9 Å². The first-order valence-corrected chi connectivity index (χ1v) is 11.2. The van der Waals surface area contributed by atoms with Crippen LogP contribution < -0.4 is 16.0 Å². The Morgan fingerprint density at radius 2 is 1.56 bits per heavy atom. The van der Waals surface area contributed by atoms with Gasteiger partial charge < -0.3 is 16.0 Å².